The van der Waals surface area contributed by atoms with Crippen LogP contribution in [0.2, 0.25) is 0 Å². The minimum absolute atomic E-state index is 0.0395. The molecule has 0 aliphatic rings. The van der Waals surface area contributed by atoms with E-state index < -0.39 is 40.2 Å². The summed E-state index contributed by atoms with van der Waals surface area (Å²) in [7, 11) is -2.72. The van der Waals surface area contributed by atoms with Gasteiger partial charge in [0.05, 0.1) is 17.7 Å². The van der Waals surface area contributed by atoms with Gasteiger partial charge in [-0.2, -0.15) is 0 Å². The SMILES string of the molecule is CCNC(=O)C(C)N(Cc1ccccc1F)C(=O)CN(c1ccccc1)S(=O)(=O)c1ccc(OC)cc1. The molecule has 3 aromatic rings. The molecule has 1 unspecified atom stereocenters. The highest BCUT2D eigenvalue weighted by atomic mass is 32.2. The second kappa shape index (κ2) is 12.4. The Morgan fingerprint density at radius 1 is 0.973 bits per heavy atom. The number of carbonyl (C=O) groups excluding carboxylic acids is 2. The third kappa shape index (κ3) is 6.65. The van der Waals surface area contributed by atoms with E-state index >= 15 is 0 Å². The van der Waals surface area contributed by atoms with Crippen molar-refractivity contribution in [1.29, 1.82) is 0 Å². The molecule has 0 bridgehead atoms. The summed E-state index contributed by atoms with van der Waals surface area (Å²) in [5.41, 5.74) is 0.472. The Bertz CT molecular complexity index is 1320. The van der Waals surface area contributed by atoms with Crippen LogP contribution in [-0.4, -0.2) is 51.4 Å². The molecule has 0 radical (unpaired) electrons. The maximum absolute atomic E-state index is 14.5. The molecule has 3 rings (SSSR count). The molecule has 0 aromatic heterocycles. The summed E-state index contributed by atoms with van der Waals surface area (Å²) in [6.07, 6.45) is 0. The van der Waals surface area contributed by atoms with Crippen LogP contribution in [-0.2, 0) is 26.2 Å². The number of ether oxygens (including phenoxy) is 1. The van der Waals surface area contributed by atoms with Gasteiger partial charge in [-0.15, -0.1) is 0 Å². The molecule has 1 N–H and O–H groups in total. The number of carbonyl (C=O) groups is 2. The van der Waals surface area contributed by atoms with E-state index in [9.17, 15) is 22.4 Å². The van der Waals surface area contributed by atoms with Gasteiger partial charge >= 0.3 is 0 Å². The van der Waals surface area contributed by atoms with E-state index in [4.69, 9.17) is 4.74 Å². The second-order valence-electron chi connectivity index (χ2n) is 8.21. The Morgan fingerprint density at radius 3 is 2.19 bits per heavy atom. The molecule has 0 aliphatic heterocycles. The largest absolute Gasteiger partial charge is 0.497 e. The summed E-state index contributed by atoms with van der Waals surface area (Å²) >= 11 is 0. The summed E-state index contributed by atoms with van der Waals surface area (Å²) in [4.78, 5) is 27.5. The fourth-order valence-electron chi connectivity index (χ4n) is 3.71. The number of rotatable bonds is 11. The van der Waals surface area contributed by atoms with Crippen molar-refractivity contribution < 1.29 is 27.1 Å². The van der Waals surface area contributed by atoms with Crippen LogP contribution < -0.4 is 14.4 Å². The zero-order valence-corrected chi connectivity index (χ0v) is 21.7. The number of nitrogens with one attached hydrogen (secondary N) is 1. The predicted molar refractivity (Wildman–Crippen MR) is 139 cm³/mol. The minimum atomic E-state index is -4.19. The average molecular weight is 528 g/mol. The van der Waals surface area contributed by atoms with E-state index in [-0.39, 0.29) is 22.7 Å². The number of nitrogens with zero attached hydrogens (tertiary/aromatic N) is 2. The number of amides is 2. The van der Waals surface area contributed by atoms with Crippen LogP contribution in [0.1, 0.15) is 19.4 Å². The molecule has 0 fully saturated rings. The first-order chi connectivity index (χ1) is 17.7. The van der Waals surface area contributed by atoms with Crippen molar-refractivity contribution in [3.05, 3.63) is 90.2 Å². The highest BCUT2D eigenvalue weighted by Gasteiger charge is 2.32. The summed E-state index contributed by atoms with van der Waals surface area (Å²) in [5, 5.41) is 2.66. The first-order valence-corrected chi connectivity index (χ1v) is 13.2. The van der Waals surface area contributed by atoms with Gasteiger partial charge in [-0.1, -0.05) is 36.4 Å². The average Bonchev–Trinajstić information content (AvgIpc) is 2.91. The second-order valence-corrected chi connectivity index (χ2v) is 10.1. The highest BCUT2D eigenvalue weighted by molar-refractivity contribution is 7.92. The molecule has 0 heterocycles. The third-order valence-electron chi connectivity index (χ3n) is 5.79. The fourth-order valence-corrected chi connectivity index (χ4v) is 5.13. The molecular weight excluding hydrogens is 497 g/mol. The van der Waals surface area contributed by atoms with Gasteiger partial charge < -0.3 is 15.0 Å². The molecule has 0 saturated carbocycles. The van der Waals surface area contributed by atoms with Crippen LogP contribution in [0.4, 0.5) is 10.1 Å². The van der Waals surface area contributed by atoms with Crippen LogP contribution in [0.3, 0.4) is 0 Å². The molecule has 10 heteroatoms. The summed E-state index contributed by atoms with van der Waals surface area (Å²) in [6, 6.07) is 19.0. The van der Waals surface area contributed by atoms with Gasteiger partial charge in [0.1, 0.15) is 24.2 Å². The molecule has 37 heavy (non-hydrogen) atoms. The zero-order valence-electron chi connectivity index (χ0n) is 20.9. The van der Waals surface area contributed by atoms with Crippen molar-refractivity contribution in [2.75, 3.05) is 24.5 Å². The smallest absolute Gasteiger partial charge is 0.264 e. The molecule has 196 valence electrons. The van der Waals surface area contributed by atoms with E-state index in [1.165, 1.54) is 61.4 Å². The first-order valence-electron chi connectivity index (χ1n) is 11.7. The van der Waals surface area contributed by atoms with Gasteiger partial charge in [-0.05, 0) is 56.3 Å². The minimum Gasteiger partial charge on any atom is -0.497 e. The number of methoxy groups -OCH3 is 1. The molecular formula is C27H30FN3O5S. The van der Waals surface area contributed by atoms with Crippen molar-refractivity contribution in [2.24, 2.45) is 0 Å². The zero-order chi connectivity index (χ0) is 27.0. The predicted octanol–water partition coefficient (Wildman–Crippen LogP) is 3.58. The number of hydrogen-bond donors (Lipinski definition) is 1. The van der Waals surface area contributed by atoms with Gasteiger partial charge in [0.15, 0.2) is 0 Å². The lowest BCUT2D eigenvalue weighted by Crippen LogP contribution is -2.51. The van der Waals surface area contributed by atoms with Gasteiger partial charge in [-0.3, -0.25) is 13.9 Å². The maximum atomic E-state index is 14.5. The van der Waals surface area contributed by atoms with Crippen LogP contribution in [0.25, 0.3) is 0 Å². The highest BCUT2D eigenvalue weighted by Crippen LogP contribution is 2.26. The number of benzene rings is 3. The third-order valence-corrected chi connectivity index (χ3v) is 7.58. The lowest BCUT2D eigenvalue weighted by atomic mass is 10.1. The number of halogens is 1. The molecule has 0 aliphatic carbocycles. The topological polar surface area (TPSA) is 96.0 Å². The summed E-state index contributed by atoms with van der Waals surface area (Å²) < 4.78 is 47.9. The van der Waals surface area contributed by atoms with Crippen LogP contribution in [0, 0.1) is 5.82 Å². The van der Waals surface area contributed by atoms with Gasteiger partial charge in [0.25, 0.3) is 10.0 Å². The summed E-state index contributed by atoms with van der Waals surface area (Å²) in [6.45, 7) is 2.79. The monoisotopic (exact) mass is 527 g/mol. The molecule has 0 spiro atoms. The molecule has 2 amide bonds. The molecule has 0 saturated heterocycles. The van der Waals surface area contributed by atoms with Crippen LogP contribution >= 0.6 is 0 Å². The Balaban J connectivity index is 2.01. The van der Waals surface area contributed by atoms with Gasteiger partial charge in [0.2, 0.25) is 11.8 Å². The molecule has 1 atom stereocenters. The number of hydrogen-bond acceptors (Lipinski definition) is 5. The lowest BCUT2D eigenvalue weighted by Gasteiger charge is -2.32. The van der Waals surface area contributed by atoms with Gasteiger partial charge in [0, 0.05) is 18.7 Å². The number of para-hydroxylation sites is 1. The normalized spacial score (nSPS) is 11.9. The van der Waals surface area contributed by atoms with Crippen molar-refractivity contribution in [2.45, 2.75) is 31.3 Å². The fraction of sp³-hybridized carbons (Fsp3) is 0.259. The van der Waals surface area contributed by atoms with E-state index in [0.717, 1.165) is 4.31 Å². The van der Waals surface area contributed by atoms with Crippen molar-refractivity contribution in [1.82, 2.24) is 10.2 Å². The van der Waals surface area contributed by atoms with E-state index in [1.807, 2.05) is 0 Å². The molecule has 3 aromatic carbocycles. The Hall–Kier alpha value is -3.92. The van der Waals surface area contributed by atoms with Crippen molar-refractivity contribution in [3.63, 3.8) is 0 Å². The Kier molecular flexibility index (Phi) is 9.24. The Labute approximate surface area is 216 Å². The van der Waals surface area contributed by atoms with E-state index in [2.05, 4.69) is 5.32 Å². The lowest BCUT2D eigenvalue weighted by molar-refractivity contribution is -0.139. The summed E-state index contributed by atoms with van der Waals surface area (Å²) in [5.74, 6) is -1.15. The van der Waals surface area contributed by atoms with E-state index in [1.54, 1.807) is 43.3 Å². The van der Waals surface area contributed by atoms with Crippen LogP contribution in [0.15, 0.2) is 83.8 Å². The maximum Gasteiger partial charge on any atom is 0.264 e. The van der Waals surface area contributed by atoms with Crippen LogP contribution in [0.5, 0.6) is 5.75 Å². The van der Waals surface area contributed by atoms with Gasteiger partial charge in [-0.25, -0.2) is 12.8 Å². The number of anilines is 1. The van der Waals surface area contributed by atoms with E-state index in [0.29, 0.717) is 12.3 Å². The Morgan fingerprint density at radius 2 is 1.59 bits per heavy atom. The quantitative estimate of drug-likeness (QED) is 0.411. The first kappa shape index (κ1) is 27.7. The van der Waals surface area contributed by atoms with Crippen molar-refractivity contribution in [3.8, 4) is 5.75 Å². The molecule has 8 nitrogen and oxygen atoms in total. The number of likely N-dealkylation sites (N-methyl/N-ethyl adjacent to an activating group) is 1. The standard InChI is InChI=1S/C27H30FN3O5S/c1-4-29-27(33)20(2)30(18-21-10-8-9-13-25(21)28)26(32)19-31(22-11-6-5-7-12-22)37(34,35)24-16-14-23(36-3)15-17-24/h5-17,20H,4,18-19H2,1-3H3,(H,29,33). The van der Waals surface area contributed by atoms with Crippen molar-refractivity contribution >= 4 is 27.5 Å². The number of sulfonamides is 1.